The van der Waals surface area contributed by atoms with Gasteiger partial charge in [-0.3, -0.25) is 9.67 Å². The number of nitrogens with one attached hydrogen (secondary N) is 1. The lowest BCUT2D eigenvalue weighted by Gasteiger charge is -2.07. The van der Waals surface area contributed by atoms with Crippen molar-refractivity contribution in [2.45, 2.75) is 26.3 Å². The molecule has 0 unspecified atom stereocenters. The summed E-state index contributed by atoms with van der Waals surface area (Å²) in [5.41, 5.74) is 0.877. The van der Waals surface area contributed by atoms with Crippen molar-refractivity contribution in [1.29, 1.82) is 0 Å². The molecule has 0 aliphatic carbocycles. The molecule has 0 saturated heterocycles. The molecule has 84 valence electrons. The molecule has 0 spiro atoms. The largest absolute Gasteiger partial charge is 0.298 e. The molecule has 0 aliphatic heterocycles. The Morgan fingerprint density at radius 1 is 1.50 bits per heavy atom. The van der Waals surface area contributed by atoms with Crippen molar-refractivity contribution >= 4 is 12.2 Å². The monoisotopic (exact) mass is 235 g/mol. The Kier molecular flexibility index (Phi) is 3.09. The van der Waals surface area contributed by atoms with E-state index in [1.807, 2.05) is 16.7 Å². The summed E-state index contributed by atoms with van der Waals surface area (Å²) in [6.45, 7) is 4.77. The first-order valence-electron chi connectivity index (χ1n) is 5.10. The lowest BCUT2D eigenvalue weighted by atomic mass is 10.2. The highest BCUT2D eigenvalue weighted by Crippen LogP contribution is 2.12. The third-order valence-corrected chi connectivity index (χ3v) is 2.56. The average Bonchev–Trinajstić information content (AvgIpc) is 2.62. The summed E-state index contributed by atoms with van der Waals surface area (Å²) in [6, 6.07) is 3.78. The highest BCUT2D eigenvalue weighted by atomic mass is 32.1. The zero-order valence-corrected chi connectivity index (χ0v) is 10.0. The van der Waals surface area contributed by atoms with Gasteiger partial charge in [0.05, 0.1) is 12.2 Å². The van der Waals surface area contributed by atoms with Crippen molar-refractivity contribution in [2.75, 3.05) is 0 Å². The summed E-state index contributed by atoms with van der Waals surface area (Å²) in [7, 11) is 0. The molecule has 0 fully saturated rings. The second kappa shape index (κ2) is 4.52. The number of aromatic nitrogens is 5. The third-order valence-electron chi connectivity index (χ3n) is 2.25. The summed E-state index contributed by atoms with van der Waals surface area (Å²) in [6.07, 6.45) is 1.65. The Morgan fingerprint density at radius 2 is 2.31 bits per heavy atom. The molecular weight excluding hydrogens is 222 g/mol. The Bertz CT molecular complexity index is 514. The zero-order valence-electron chi connectivity index (χ0n) is 9.21. The van der Waals surface area contributed by atoms with E-state index in [2.05, 4.69) is 34.2 Å². The van der Waals surface area contributed by atoms with E-state index in [4.69, 9.17) is 12.2 Å². The molecule has 0 radical (unpaired) electrons. The van der Waals surface area contributed by atoms with Gasteiger partial charge in [0.1, 0.15) is 5.82 Å². The molecule has 0 bridgehead atoms. The van der Waals surface area contributed by atoms with Crippen LogP contribution < -0.4 is 0 Å². The smallest absolute Gasteiger partial charge is 0.195 e. The molecule has 6 heteroatoms. The van der Waals surface area contributed by atoms with E-state index >= 15 is 0 Å². The van der Waals surface area contributed by atoms with Gasteiger partial charge in [0, 0.05) is 12.1 Å². The van der Waals surface area contributed by atoms with Crippen molar-refractivity contribution in [1.82, 2.24) is 25.0 Å². The molecule has 2 heterocycles. The molecular formula is C10H13N5S. The van der Waals surface area contributed by atoms with Crippen LogP contribution in [0.2, 0.25) is 0 Å². The molecule has 5 nitrogen and oxygen atoms in total. The highest BCUT2D eigenvalue weighted by molar-refractivity contribution is 7.71. The minimum atomic E-state index is 0.324. The molecule has 1 N–H and O–H groups in total. The number of rotatable bonds is 3. The van der Waals surface area contributed by atoms with Crippen LogP contribution in [-0.4, -0.2) is 25.0 Å². The van der Waals surface area contributed by atoms with E-state index < -0.39 is 0 Å². The lowest BCUT2D eigenvalue weighted by Crippen LogP contribution is -2.08. The summed E-state index contributed by atoms with van der Waals surface area (Å²) in [5.74, 6) is 1.26. The van der Waals surface area contributed by atoms with Crippen LogP contribution in [0.1, 0.15) is 31.3 Å². The van der Waals surface area contributed by atoms with E-state index in [1.165, 1.54) is 0 Å². The van der Waals surface area contributed by atoms with Crippen LogP contribution in [0, 0.1) is 4.77 Å². The van der Waals surface area contributed by atoms with Gasteiger partial charge in [-0.15, -0.1) is 0 Å². The van der Waals surface area contributed by atoms with Crippen molar-refractivity contribution in [3.8, 4) is 0 Å². The zero-order chi connectivity index (χ0) is 11.5. The molecule has 16 heavy (non-hydrogen) atoms. The fraction of sp³-hybridized carbons (Fsp3) is 0.400. The molecule has 0 aromatic carbocycles. The van der Waals surface area contributed by atoms with Crippen LogP contribution in [0.4, 0.5) is 0 Å². The third kappa shape index (κ3) is 2.16. The van der Waals surface area contributed by atoms with Crippen molar-refractivity contribution in [3.63, 3.8) is 0 Å². The van der Waals surface area contributed by atoms with Crippen molar-refractivity contribution in [3.05, 3.63) is 34.6 Å². The minimum absolute atomic E-state index is 0.324. The Balaban J connectivity index is 2.34. The van der Waals surface area contributed by atoms with Gasteiger partial charge in [-0.1, -0.05) is 13.8 Å². The first-order valence-corrected chi connectivity index (χ1v) is 5.51. The summed E-state index contributed by atoms with van der Waals surface area (Å²) >= 11 is 5.19. The maximum absolute atomic E-state index is 5.19. The molecule has 2 aromatic heterocycles. The lowest BCUT2D eigenvalue weighted by molar-refractivity contribution is 0.650. The number of aromatic amines is 1. The van der Waals surface area contributed by atoms with Crippen LogP contribution in [-0.2, 0) is 6.54 Å². The maximum atomic E-state index is 5.19. The topological polar surface area (TPSA) is 59.4 Å². The van der Waals surface area contributed by atoms with E-state index in [-0.39, 0.29) is 0 Å². The predicted molar refractivity (Wildman–Crippen MR) is 62.6 cm³/mol. The maximum Gasteiger partial charge on any atom is 0.195 e. The highest BCUT2D eigenvalue weighted by Gasteiger charge is 2.10. The van der Waals surface area contributed by atoms with Crippen LogP contribution in [0.5, 0.6) is 0 Å². The van der Waals surface area contributed by atoms with Crippen LogP contribution in [0.25, 0.3) is 0 Å². The van der Waals surface area contributed by atoms with Gasteiger partial charge < -0.3 is 0 Å². The molecule has 2 aromatic rings. The molecule has 0 atom stereocenters. The normalized spacial score (nSPS) is 10.9. The second-order valence-corrected chi connectivity index (χ2v) is 4.23. The Morgan fingerprint density at radius 3 is 2.94 bits per heavy atom. The van der Waals surface area contributed by atoms with Crippen LogP contribution in [0.3, 0.4) is 0 Å². The van der Waals surface area contributed by atoms with E-state index in [9.17, 15) is 0 Å². The molecule has 0 aliphatic rings. The van der Waals surface area contributed by atoms with Crippen LogP contribution >= 0.6 is 12.2 Å². The first kappa shape index (κ1) is 10.9. The van der Waals surface area contributed by atoms with Crippen LogP contribution in [0.15, 0.2) is 18.3 Å². The SMILES string of the molecule is CC(C)c1n[nH]c(=S)n1Cc1cccnn1. The van der Waals surface area contributed by atoms with Gasteiger partial charge in [0.2, 0.25) is 0 Å². The number of nitrogens with zero attached hydrogens (tertiary/aromatic N) is 4. The number of hydrogen-bond acceptors (Lipinski definition) is 4. The van der Waals surface area contributed by atoms with Gasteiger partial charge in [-0.05, 0) is 24.4 Å². The molecule has 0 amide bonds. The number of hydrogen-bond donors (Lipinski definition) is 1. The fourth-order valence-corrected chi connectivity index (χ4v) is 1.71. The van der Waals surface area contributed by atoms with Gasteiger partial charge in [-0.2, -0.15) is 15.3 Å². The van der Waals surface area contributed by atoms with Gasteiger partial charge >= 0.3 is 0 Å². The summed E-state index contributed by atoms with van der Waals surface area (Å²) in [4.78, 5) is 0. The van der Waals surface area contributed by atoms with Gasteiger partial charge in [0.15, 0.2) is 4.77 Å². The summed E-state index contributed by atoms with van der Waals surface area (Å²) in [5, 5.41) is 14.9. The van der Waals surface area contributed by atoms with Crippen molar-refractivity contribution in [2.24, 2.45) is 0 Å². The first-order chi connectivity index (χ1) is 7.68. The van der Waals surface area contributed by atoms with E-state index in [1.54, 1.807) is 6.20 Å². The van der Waals surface area contributed by atoms with Gasteiger partial charge in [-0.25, -0.2) is 0 Å². The Hall–Kier alpha value is -1.56. The molecule has 2 rings (SSSR count). The summed E-state index contributed by atoms with van der Waals surface area (Å²) < 4.78 is 2.57. The van der Waals surface area contributed by atoms with E-state index in [0.717, 1.165) is 11.5 Å². The average molecular weight is 235 g/mol. The fourth-order valence-electron chi connectivity index (χ4n) is 1.50. The molecule has 0 saturated carbocycles. The number of H-pyrrole nitrogens is 1. The minimum Gasteiger partial charge on any atom is -0.298 e. The predicted octanol–water partition coefficient (Wildman–Crippen LogP) is 1.90. The van der Waals surface area contributed by atoms with Gasteiger partial charge in [0.25, 0.3) is 0 Å². The quantitative estimate of drug-likeness (QED) is 0.825. The standard InChI is InChI=1S/C10H13N5S/c1-7(2)9-13-14-10(16)15(9)6-8-4-3-5-11-12-8/h3-5,7H,6H2,1-2H3,(H,14,16). The van der Waals surface area contributed by atoms with E-state index in [0.29, 0.717) is 17.2 Å². The second-order valence-electron chi connectivity index (χ2n) is 3.84. The Labute approximate surface area is 98.5 Å². The van der Waals surface area contributed by atoms with Crippen molar-refractivity contribution < 1.29 is 0 Å².